The van der Waals surface area contributed by atoms with E-state index in [9.17, 15) is 0 Å². The monoisotopic (exact) mass is 251 g/mol. The fraction of sp³-hybridized carbons (Fsp3) is 0.692. The van der Waals surface area contributed by atoms with E-state index in [-0.39, 0.29) is 6.10 Å². The minimum atomic E-state index is 0.0592. The summed E-state index contributed by atoms with van der Waals surface area (Å²) in [7, 11) is 3.43. The second kappa shape index (κ2) is 6.78. The van der Waals surface area contributed by atoms with Crippen LogP contribution in [0.15, 0.2) is 12.3 Å². The highest BCUT2D eigenvalue weighted by molar-refractivity contribution is 5.06. The molecule has 1 saturated carbocycles. The number of ether oxygens (including phenoxy) is 2. The number of nitrogens with zero attached hydrogens (tertiary/aromatic N) is 2. The molecule has 100 valence electrons. The average molecular weight is 251 g/mol. The van der Waals surface area contributed by atoms with Crippen LogP contribution >= 0.6 is 0 Å². The molecule has 1 heterocycles. The Morgan fingerprint density at radius 1 is 1.44 bits per heavy atom. The summed E-state index contributed by atoms with van der Waals surface area (Å²) in [5, 5.41) is 3.28. The standard InChI is InChI=1S/C13H21N3O2/c1-17-8-7-14-9-11-5-6-15-13(16-11)12(18-2)10-3-4-10/h5-6,10,12,14H,3-4,7-9H2,1-2H3. The third-order valence-electron chi connectivity index (χ3n) is 3.08. The van der Waals surface area contributed by atoms with E-state index >= 15 is 0 Å². The number of hydrogen-bond acceptors (Lipinski definition) is 5. The van der Waals surface area contributed by atoms with Gasteiger partial charge in [0.05, 0.1) is 12.3 Å². The van der Waals surface area contributed by atoms with Crippen molar-refractivity contribution in [1.82, 2.24) is 15.3 Å². The van der Waals surface area contributed by atoms with E-state index < -0.39 is 0 Å². The molecular weight excluding hydrogens is 230 g/mol. The largest absolute Gasteiger partial charge is 0.383 e. The number of nitrogens with one attached hydrogen (secondary N) is 1. The highest BCUT2D eigenvalue weighted by atomic mass is 16.5. The van der Waals surface area contributed by atoms with Crippen LogP contribution in [0.4, 0.5) is 0 Å². The normalized spacial score (nSPS) is 16.8. The molecule has 0 aliphatic heterocycles. The molecule has 0 spiro atoms. The summed E-state index contributed by atoms with van der Waals surface area (Å²) >= 11 is 0. The van der Waals surface area contributed by atoms with Gasteiger partial charge in [0.15, 0.2) is 5.82 Å². The smallest absolute Gasteiger partial charge is 0.157 e. The predicted octanol–water partition coefficient (Wildman–Crippen LogP) is 1.31. The zero-order valence-electron chi connectivity index (χ0n) is 11.1. The predicted molar refractivity (Wildman–Crippen MR) is 68.1 cm³/mol. The molecule has 0 bridgehead atoms. The van der Waals surface area contributed by atoms with Gasteiger partial charge in [-0.1, -0.05) is 0 Å². The van der Waals surface area contributed by atoms with Crippen LogP contribution in [0, 0.1) is 5.92 Å². The van der Waals surface area contributed by atoms with Crippen LogP contribution in [-0.2, 0) is 16.0 Å². The number of rotatable bonds is 8. The number of aromatic nitrogens is 2. The van der Waals surface area contributed by atoms with Gasteiger partial charge in [-0.2, -0.15) is 0 Å². The molecule has 5 nitrogen and oxygen atoms in total. The Kier molecular flexibility index (Phi) is 5.04. The third kappa shape index (κ3) is 3.73. The van der Waals surface area contributed by atoms with Crippen molar-refractivity contribution in [2.24, 2.45) is 5.92 Å². The molecule has 1 aromatic rings. The molecule has 1 unspecified atom stereocenters. The molecule has 1 aliphatic carbocycles. The van der Waals surface area contributed by atoms with Gasteiger partial charge in [-0.25, -0.2) is 9.97 Å². The molecule has 1 aromatic heterocycles. The molecule has 5 heteroatoms. The fourth-order valence-electron chi connectivity index (χ4n) is 1.95. The van der Waals surface area contributed by atoms with E-state index in [1.165, 1.54) is 12.8 Å². The lowest BCUT2D eigenvalue weighted by atomic mass is 10.2. The third-order valence-corrected chi connectivity index (χ3v) is 3.08. The minimum absolute atomic E-state index is 0.0592. The second-order valence-electron chi connectivity index (χ2n) is 4.57. The first-order valence-electron chi connectivity index (χ1n) is 6.39. The molecule has 0 saturated heterocycles. The molecule has 0 radical (unpaired) electrons. The molecular formula is C13H21N3O2. The van der Waals surface area contributed by atoms with Gasteiger partial charge >= 0.3 is 0 Å². The van der Waals surface area contributed by atoms with E-state index in [0.717, 1.165) is 24.6 Å². The first kappa shape index (κ1) is 13.4. The summed E-state index contributed by atoms with van der Waals surface area (Å²) in [6.07, 6.45) is 4.31. The van der Waals surface area contributed by atoms with Crippen molar-refractivity contribution in [3.63, 3.8) is 0 Å². The van der Waals surface area contributed by atoms with Crippen LogP contribution in [0.25, 0.3) is 0 Å². The average Bonchev–Trinajstić information content (AvgIpc) is 3.21. The Hall–Kier alpha value is -1.04. The van der Waals surface area contributed by atoms with Crippen LogP contribution in [0.2, 0.25) is 0 Å². The van der Waals surface area contributed by atoms with Crippen LogP contribution in [0.3, 0.4) is 0 Å². The summed E-state index contributed by atoms with van der Waals surface area (Å²) in [6.45, 7) is 2.27. The van der Waals surface area contributed by atoms with Crippen molar-refractivity contribution in [2.45, 2.75) is 25.5 Å². The molecule has 0 amide bonds. The van der Waals surface area contributed by atoms with E-state index in [1.807, 2.05) is 12.3 Å². The van der Waals surface area contributed by atoms with Crippen LogP contribution in [-0.4, -0.2) is 37.3 Å². The van der Waals surface area contributed by atoms with E-state index in [0.29, 0.717) is 12.5 Å². The summed E-state index contributed by atoms with van der Waals surface area (Å²) in [4.78, 5) is 8.89. The molecule has 1 atom stereocenters. The van der Waals surface area contributed by atoms with Crippen molar-refractivity contribution in [2.75, 3.05) is 27.4 Å². The van der Waals surface area contributed by atoms with Gasteiger partial charge in [-0.15, -0.1) is 0 Å². The van der Waals surface area contributed by atoms with E-state index in [2.05, 4.69) is 15.3 Å². The molecule has 2 rings (SSSR count). The van der Waals surface area contributed by atoms with Gasteiger partial charge in [0.25, 0.3) is 0 Å². The lowest BCUT2D eigenvalue weighted by Crippen LogP contribution is -2.20. The maximum absolute atomic E-state index is 5.49. The van der Waals surface area contributed by atoms with Crippen molar-refractivity contribution in [3.05, 3.63) is 23.8 Å². The van der Waals surface area contributed by atoms with Crippen molar-refractivity contribution in [1.29, 1.82) is 0 Å². The van der Waals surface area contributed by atoms with E-state index in [1.54, 1.807) is 14.2 Å². The Labute approximate surface area is 108 Å². The van der Waals surface area contributed by atoms with Gasteiger partial charge in [0.2, 0.25) is 0 Å². The summed E-state index contributed by atoms with van der Waals surface area (Å²) in [5.41, 5.74) is 0.999. The second-order valence-corrected chi connectivity index (χ2v) is 4.57. The first-order chi connectivity index (χ1) is 8.85. The lowest BCUT2D eigenvalue weighted by Gasteiger charge is -2.13. The number of hydrogen-bond donors (Lipinski definition) is 1. The highest BCUT2D eigenvalue weighted by Gasteiger charge is 2.34. The highest BCUT2D eigenvalue weighted by Crippen LogP contribution is 2.41. The zero-order valence-corrected chi connectivity index (χ0v) is 11.1. The minimum Gasteiger partial charge on any atom is -0.383 e. The summed E-state index contributed by atoms with van der Waals surface area (Å²) < 4.78 is 10.5. The Bertz CT molecular complexity index is 369. The van der Waals surface area contributed by atoms with Gasteiger partial charge in [-0.3, -0.25) is 0 Å². The summed E-state index contributed by atoms with van der Waals surface area (Å²) in [5.74, 6) is 1.41. The SMILES string of the molecule is COCCNCc1ccnc(C(OC)C2CC2)n1. The zero-order chi connectivity index (χ0) is 12.8. The van der Waals surface area contributed by atoms with Crippen LogP contribution < -0.4 is 5.32 Å². The molecule has 0 aromatic carbocycles. The summed E-state index contributed by atoms with van der Waals surface area (Å²) in [6, 6.07) is 1.93. The fourth-order valence-corrected chi connectivity index (χ4v) is 1.95. The van der Waals surface area contributed by atoms with E-state index in [4.69, 9.17) is 9.47 Å². The quantitative estimate of drug-likeness (QED) is 0.706. The molecule has 1 fully saturated rings. The van der Waals surface area contributed by atoms with Gasteiger partial charge in [-0.05, 0) is 24.8 Å². The van der Waals surface area contributed by atoms with Crippen molar-refractivity contribution >= 4 is 0 Å². The van der Waals surface area contributed by atoms with Crippen molar-refractivity contribution < 1.29 is 9.47 Å². The van der Waals surface area contributed by atoms with Gasteiger partial charge in [0.1, 0.15) is 6.10 Å². The first-order valence-corrected chi connectivity index (χ1v) is 6.39. The topological polar surface area (TPSA) is 56.3 Å². The Balaban J connectivity index is 1.91. The lowest BCUT2D eigenvalue weighted by molar-refractivity contribution is 0.0769. The van der Waals surface area contributed by atoms with Crippen molar-refractivity contribution in [3.8, 4) is 0 Å². The molecule has 1 N–H and O–H groups in total. The number of methoxy groups -OCH3 is 2. The Morgan fingerprint density at radius 3 is 2.94 bits per heavy atom. The van der Waals surface area contributed by atoms with Crippen LogP contribution in [0.5, 0.6) is 0 Å². The maximum Gasteiger partial charge on any atom is 0.157 e. The maximum atomic E-state index is 5.49. The molecule has 1 aliphatic rings. The van der Waals surface area contributed by atoms with Gasteiger partial charge in [0, 0.05) is 33.5 Å². The Morgan fingerprint density at radius 2 is 2.28 bits per heavy atom. The van der Waals surface area contributed by atoms with Gasteiger partial charge < -0.3 is 14.8 Å². The molecule has 18 heavy (non-hydrogen) atoms. The van der Waals surface area contributed by atoms with Crippen LogP contribution in [0.1, 0.15) is 30.5 Å².